The van der Waals surface area contributed by atoms with E-state index >= 15 is 0 Å². The average Bonchev–Trinajstić information content (AvgIpc) is 2.73. The first-order valence-corrected chi connectivity index (χ1v) is 7.31. The van der Waals surface area contributed by atoms with E-state index in [0.29, 0.717) is 12.2 Å². The lowest BCUT2D eigenvalue weighted by Crippen LogP contribution is -2.25. The van der Waals surface area contributed by atoms with Gasteiger partial charge in [0.15, 0.2) is 5.96 Å². The molecular formula is C15H20F3N3O2. The van der Waals surface area contributed by atoms with Gasteiger partial charge in [0.25, 0.3) is 0 Å². The van der Waals surface area contributed by atoms with E-state index in [-0.39, 0.29) is 29.8 Å². The molecule has 1 fully saturated rings. The van der Waals surface area contributed by atoms with Crippen molar-refractivity contribution in [1.29, 1.82) is 0 Å². The number of nitrogens with zero attached hydrogens (tertiary/aromatic N) is 1. The fraction of sp³-hybridized carbons (Fsp3) is 0.533. The Morgan fingerprint density at radius 3 is 2.78 bits per heavy atom. The number of alkyl halides is 3. The number of nitrogens with one attached hydrogen (secondary N) is 1. The second-order valence-electron chi connectivity index (χ2n) is 5.57. The number of halogens is 3. The van der Waals surface area contributed by atoms with E-state index in [1.807, 2.05) is 13.8 Å². The molecule has 5 nitrogen and oxygen atoms in total. The predicted octanol–water partition coefficient (Wildman–Crippen LogP) is 3.13. The third-order valence-electron chi connectivity index (χ3n) is 3.58. The molecule has 1 aromatic rings. The molecule has 3 N–H and O–H groups in total. The quantitative estimate of drug-likeness (QED) is 0.657. The number of hydrogen-bond donors (Lipinski definition) is 2. The van der Waals surface area contributed by atoms with Crippen LogP contribution in [0.5, 0.6) is 5.75 Å². The SMILES string of the molecule is CC1CC(CN=C(N)Nc2cccc(OC(F)(F)F)c2)C(C)O1. The zero-order valence-electron chi connectivity index (χ0n) is 12.9. The Balaban J connectivity index is 1.93. The molecule has 23 heavy (non-hydrogen) atoms. The summed E-state index contributed by atoms with van der Waals surface area (Å²) in [6, 6.07) is 5.43. The minimum absolute atomic E-state index is 0.116. The number of hydrogen-bond acceptors (Lipinski definition) is 3. The van der Waals surface area contributed by atoms with E-state index < -0.39 is 6.36 Å². The van der Waals surface area contributed by atoms with Crippen molar-refractivity contribution in [1.82, 2.24) is 0 Å². The van der Waals surface area contributed by atoms with Crippen LogP contribution in [0, 0.1) is 5.92 Å². The third kappa shape index (κ3) is 5.63. The summed E-state index contributed by atoms with van der Waals surface area (Å²) in [5, 5.41) is 2.76. The Hall–Kier alpha value is -1.96. The molecule has 2 rings (SSSR count). The van der Waals surface area contributed by atoms with Gasteiger partial charge in [-0.1, -0.05) is 6.07 Å². The maximum absolute atomic E-state index is 12.2. The first-order chi connectivity index (χ1) is 10.7. The Bertz CT molecular complexity index is 563. The molecule has 3 atom stereocenters. The van der Waals surface area contributed by atoms with Gasteiger partial charge in [-0.2, -0.15) is 0 Å². The number of nitrogens with two attached hydrogens (primary N) is 1. The number of anilines is 1. The Morgan fingerprint density at radius 2 is 2.17 bits per heavy atom. The summed E-state index contributed by atoms with van der Waals surface area (Å²) in [7, 11) is 0. The van der Waals surface area contributed by atoms with Gasteiger partial charge in [0, 0.05) is 24.2 Å². The zero-order valence-corrected chi connectivity index (χ0v) is 12.9. The number of guanidine groups is 1. The molecule has 0 aromatic heterocycles. The number of rotatable bonds is 4. The third-order valence-corrected chi connectivity index (χ3v) is 3.58. The van der Waals surface area contributed by atoms with E-state index in [2.05, 4.69) is 15.0 Å². The molecule has 1 saturated heterocycles. The minimum Gasteiger partial charge on any atom is -0.406 e. The summed E-state index contributed by atoms with van der Waals surface area (Å²) in [5.41, 5.74) is 6.15. The highest BCUT2D eigenvalue weighted by atomic mass is 19.4. The standard InChI is InChI=1S/C15H20F3N3O2/c1-9-6-11(10(2)22-9)8-20-14(19)21-12-4-3-5-13(7-12)23-15(16,17)18/h3-5,7,9-11H,6,8H2,1-2H3,(H3,19,20,21). The summed E-state index contributed by atoms with van der Waals surface area (Å²) >= 11 is 0. The molecule has 1 aliphatic heterocycles. The van der Waals surface area contributed by atoms with Crippen LogP contribution >= 0.6 is 0 Å². The van der Waals surface area contributed by atoms with E-state index in [4.69, 9.17) is 10.5 Å². The van der Waals surface area contributed by atoms with Crippen molar-refractivity contribution in [3.8, 4) is 5.75 Å². The largest absolute Gasteiger partial charge is 0.573 e. The van der Waals surface area contributed by atoms with Gasteiger partial charge in [0.1, 0.15) is 5.75 Å². The molecule has 0 radical (unpaired) electrons. The van der Waals surface area contributed by atoms with Crippen LogP contribution < -0.4 is 15.8 Å². The fourth-order valence-corrected chi connectivity index (χ4v) is 2.55. The maximum Gasteiger partial charge on any atom is 0.573 e. The Labute approximate surface area is 132 Å². The van der Waals surface area contributed by atoms with Crippen LogP contribution in [0.15, 0.2) is 29.3 Å². The highest BCUT2D eigenvalue weighted by Crippen LogP contribution is 2.26. The van der Waals surface area contributed by atoms with E-state index in [1.54, 1.807) is 6.07 Å². The second-order valence-corrected chi connectivity index (χ2v) is 5.57. The van der Waals surface area contributed by atoms with Crippen LogP contribution in [0.1, 0.15) is 20.3 Å². The van der Waals surface area contributed by atoms with Gasteiger partial charge in [-0.05, 0) is 32.4 Å². The summed E-state index contributed by atoms with van der Waals surface area (Å²) in [6.07, 6.45) is -3.50. The van der Waals surface area contributed by atoms with Gasteiger partial charge in [0.2, 0.25) is 0 Å². The maximum atomic E-state index is 12.2. The van der Waals surface area contributed by atoms with Crippen molar-refractivity contribution in [3.63, 3.8) is 0 Å². The monoisotopic (exact) mass is 331 g/mol. The number of benzene rings is 1. The lowest BCUT2D eigenvalue weighted by atomic mass is 10.0. The average molecular weight is 331 g/mol. The van der Waals surface area contributed by atoms with Crippen LogP contribution in [0.4, 0.5) is 18.9 Å². The molecule has 0 aliphatic carbocycles. The topological polar surface area (TPSA) is 68.9 Å². The van der Waals surface area contributed by atoms with Crippen molar-refractivity contribution in [3.05, 3.63) is 24.3 Å². The molecule has 8 heteroatoms. The van der Waals surface area contributed by atoms with E-state index in [1.165, 1.54) is 18.2 Å². The smallest absolute Gasteiger partial charge is 0.406 e. The van der Waals surface area contributed by atoms with Crippen LogP contribution in [0.2, 0.25) is 0 Å². The van der Waals surface area contributed by atoms with Crippen molar-refractivity contribution >= 4 is 11.6 Å². The van der Waals surface area contributed by atoms with Gasteiger partial charge in [-0.25, -0.2) is 0 Å². The van der Waals surface area contributed by atoms with Crippen LogP contribution in [0.25, 0.3) is 0 Å². The second kappa shape index (κ2) is 7.08. The van der Waals surface area contributed by atoms with Gasteiger partial charge >= 0.3 is 6.36 Å². The van der Waals surface area contributed by atoms with Crippen molar-refractivity contribution in [2.24, 2.45) is 16.6 Å². The first kappa shape index (κ1) is 17.4. The van der Waals surface area contributed by atoms with Gasteiger partial charge in [-0.3, -0.25) is 4.99 Å². The predicted molar refractivity (Wildman–Crippen MR) is 81.4 cm³/mol. The normalized spacial score (nSPS) is 25.4. The highest BCUT2D eigenvalue weighted by molar-refractivity contribution is 5.92. The molecule has 1 aliphatic rings. The summed E-state index contributed by atoms with van der Waals surface area (Å²) in [6.45, 7) is 4.50. The van der Waals surface area contributed by atoms with Crippen LogP contribution in [-0.4, -0.2) is 31.1 Å². The summed E-state index contributed by atoms with van der Waals surface area (Å²) in [4.78, 5) is 4.23. The number of ether oxygens (including phenoxy) is 2. The van der Waals surface area contributed by atoms with E-state index in [9.17, 15) is 13.2 Å². The Kier molecular flexibility index (Phi) is 5.35. The molecule has 0 amide bonds. The fourth-order valence-electron chi connectivity index (χ4n) is 2.55. The molecule has 1 aromatic carbocycles. The van der Waals surface area contributed by atoms with Crippen molar-refractivity contribution in [2.45, 2.75) is 38.8 Å². The highest BCUT2D eigenvalue weighted by Gasteiger charge is 2.31. The molecule has 3 unspecified atom stereocenters. The molecule has 0 bridgehead atoms. The molecule has 128 valence electrons. The summed E-state index contributed by atoms with van der Waals surface area (Å²) < 4.78 is 46.1. The van der Waals surface area contributed by atoms with E-state index in [0.717, 1.165) is 6.42 Å². The van der Waals surface area contributed by atoms with Crippen LogP contribution in [-0.2, 0) is 4.74 Å². The molecule has 0 saturated carbocycles. The molecular weight excluding hydrogens is 311 g/mol. The zero-order chi connectivity index (χ0) is 17.0. The van der Waals surface area contributed by atoms with Crippen molar-refractivity contribution < 1.29 is 22.6 Å². The first-order valence-electron chi connectivity index (χ1n) is 7.31. The number of aliphatic imine (C=N–C) groups is 1. The van der Waals surface area contributed by atoms with Gasteiger partial charge in [-0.15, -0.1) is 13.2 Å². The molecule has 1 heterocycles. The Morgan fingerprint density at radius 1 is 1.43 bits per heavy atom. The minimum atomic E-state index is -4.73. The molecule has 0 spiro atoms. The van der Waals surface area contributed by atoms with Crippen molar-refractivity contribution in [2.75, 3.05) is 11.9 Å². The van der Waals surface area contributed by atoms with Gasteiger partial charge in [0.05, 0.1) is 12.2 Å². The lowest BCUT2D eigenvalue weighted by molar-refractivity contribution is -0.274. The van der Waals surface area contributed by atoms with Crippen LogP contribution in [0.3, 0.4) is 0 Å². The summed E-state index contributed by atoms with van der Waals surface area (Å²) in [5.74, 6) is 0.105. The lowest BCUT2D eigenvalue weighted by Gasteiger charge is -2.13. The van der Waals surface area contributed by atoms with Gasteiger partial charge < -0.3 is 20.5 Å².